The summed E-state index contributed by atoms with van der Waals surface area (Å²) in [7, 11) is -0.152. The minimum absolute atomic E-state index is 0.149. The number of rotatable bonds is 2. The van der Waals surface area contributed by atoms with Crippen LogP contribution in [0.15, 0.2) is 40.0 Å². The van der Waals surface area contributed by atoms with Crippen molar-refractivity contribution in [3.63, 3.8) is 0 Å². The highest BCUT2D eigenvalue weighted by Crippen LogP contribution is 2.41. The predicted octanol–water partition coefficient (Wildman–Crippen LogP) is 2.64. The highest BCUT2D eigenvalue weighted by atomic mass is 79.9. The van der Waals surface area contributed by atoms with Gasteiger partial charge in [-0.25, -0.2) is 9.38 Å². The van der Waals surface area contributed by atoms with Gasteiger partial charge in [0, 0.05) is 11.2 Å². The number of H-pyrrole nitrogens is 1. The summed E-state index contributed by atoms with van der Waals surface area (Å²) in [6.07, 6.45) is -1.07. The molecule has 4 aromatic rings. The number of hydrogen-bond acceptors (Lipinski definition) is 7. The zero-order valence-corrected chi connectivity index (χ0v) is 18.9. The molecule has 5 unspecified atom stereocenters. The number of nitrogens with one attached hydrogen (secondary N) is 1. The van der Waals surface area contributed by atoms with E-state index in [4.69, 9.17) is 25.4 Å². The molecule has 13 heteroatoms. The van der Waals surface area contributed by atoms with Gasteiger partial charge < -0.3 is 23.9 Å². The van der Waals surface area contributed by atoms with Gasteiger partial charge in [0.05, 0.1) is 12.3 Å². The molecule has 3 aromatic heterocycles. The summed E-state index contributed by atoms with van der Waals surface area (Å²) in [5.74, 6) is 0.335. The Morgan fingerprint density at radius 2 is 2.10 bits per heavy atom. The summed E-state index contributed by atoms with van der Waals surface area (Å²) in [5, 5.41) is 11.4. The van der Waals surface area contributed by atoms with Gasteiger partial charge in [0.1, 0.15) is 18.3 Å². The second-order valence-electron chi connectivity index (χ2n) is 7.24. The average Bonchev–Trinajstić information content (AvgIpc) is 3.43. The highest BCUT2D eigenvalue weighted by molar-refractivity contribution is 9.10. The molecule has 0 aliphatic carbocycles. The lowest BCUT2D eigenvalue weighted by Gasteiger charge is -2.24. The monoisotopic (exact) mass is 525 g/mol. The van der Waals surface area contributed by atoms with E-state index >= 15 is 0 Å². The molecule has 0 saturated carbocycles. The molecule has 0 bridgehead atoms. The van der Waals surface area contributed by atoms with Crippen LogP contribution in [-0.4, -0.2) is 53.9 Å². The summed E-state index contributed by atoms with van der Waals surface area (Å²) < 4.78 is 20.1. The van der Waals surface area contributed by atoms with Crippen molar-refractivity contribution in [1.82, 2.24) is 23.9 Å². The molecular weight excluding hydrogens is 513 g/mol. The van der Waals surface area contributed by atoms with E-state index in [1.165, 1.54) is 4.40 Å². The molecular formula is C18H14BrClN5O5P. The lowest BCUT2D eigenvalue weighted by Crippen LogP contribution is -2.36. The van der Waals surface area contributed by atoms with Crippen LogP contribution in [0.2, 0.25) is 5.02 Å². The second kappa shape index (κ2) is 7.35. The summed E-state index contributed by atoms with van der Waals surface area (Å²) in [5.41, 5.74) is 1.65. The minimum Gasteiger partial charge on any atom is -0.386 e. The molecule has 31 heavy (non-hydrogen) atoms. The summed E-state index contributed by atoms with van der Waals surface area (Å²) >= 11 is 9.35. The molecule has 5 heterocycles. The Morgan fingerprint density at radius 3 is 2.87 bits per heavy atom. The van der Waals surface area contributed by atoms with Crippen molar-refractivity contribution in [2.24, 2.45) is 0 Å². The van der Waals surface area contributed by atoms with Crippen LogP contribution in [0, 0.1) is 0 Å². The SMILES string of the molecule is O=c1c2nc(Br)n(C3OC4COPOC4C3O)c2nc2[nH]c(-c3ccc(Cl)cc3)cn12. The first-order chi connectivity index (χ1) is 15.0. The number of fused-ring (bicyclic) bond motifs is 3. The van der Waals surface area contributed by atoms with Crippen molar-refractivity contribution in [2.75, 3.05) is 6.61 Å². The van der Waals surface area contributed by atoms with E-state index in [2.05, 4.69) is 30.9 Å². The molecule has 6 rings (SSSR count). The third-order valence-corrected chi connectivity index (χ3v) is 6.88. The number of halogens is 2. The van der Waals surface area contributed by atoms with Crippen molar-refractivity contribution in [1.29, 1.82) is 0 Å². The lowest BCUT2D eigenvalue weighted by atomic mass is 10.1. The molecule has 1 aromatic carbocycles. The van der Waals surface area contributed by atoms with Gasteiger partial charge in [-0.05, 0) is 33.6 Å². The quantitative estimate of drug-likeness (QED) is 0.305. The van der Waals surface area contributed by atoms with Crippen molar-refractivity contribution in [2.45, 2.75) is 24.5 Å². The minimum atomic E-state index is -0.969. The zero-order valence-electron chi connectivity index (χ0n) is 15.5. The van der Waals surface area contributed by atoms with E-state index in [0.29, 0.717) is 27.8 Å². The highest BCUT2D eigenvalue weighted by Gasteiger charge is 2.48. The topological polar surface area (TPSA) is 116 Å². The third kappa shape index (κ3) is 3.07. The molecule has 2 fully saturated rings. The first-order valence-corrected chi connectivity index (χ1v) is 11.3. The van der Waals surface area contributed by atoms with Gasteiger partial charge >= 0.3 is 0 Å². The van der Waals surface area contributed by atoms with Crippen molar-refractivity contribution < 1.29 is 18.9 Å². The Hall–Kier alpha value is -1.85. The summed E-state index contributed by atoms with van der Waals surface area (Å²) in [6.45, 7) is 0.322. The maximum absolute atomic E-state index is 13.1. The first kappa shape index (κ1) is 19.8. The van der Waals surface area contributed by atoms with Crippen LogP contribution < -0.4 is 5.56 Å². The maximum atomic E-state index is 13.1. The van der Waals surface area contributed by atoms with Crippen LogP contribution in [-0.2, 0) is 13.8 Å². The molecule has 2 N–H and O–H groups in total. The number of ether oxygens (including phenoxy) is 1. The van der Waals surface area contributed by atoms with E-state index in [-0.39, 0.29) is 25.8 Å². The Morgan fingerprint density at radius 1 is 1.29 bits per heavy atom. The number of imidazole rings is 2. The molecule has 2 saturated heterocycles. The van der Waals surface area contributed by atoms with E-state index in [1.54, 1.807) is 22.9 Å². The smallest absolute Gasteiger partial charge is 0.287 e. The fourth-order valence-corrected chi connectivity index (χ4v) is 5.30. The maximum Gasteiger partial charge on any atom is 0.287 e. The number of nitrogens with zero attached hydrogens (tertiary/aromatic N) is 4. The molecule has 160 valence electrons. The summed E-state index contributed by atoms with van der Waals surface area (Å²) in [6, 6.07) is 7.23. The van der Waals surface area contributed by atoms with Gasteiger partial charge in [-0.3, -0.25) is 9.36 Å². The lowest BCUT2D eigenvalue weighted by molar-refractivity contribution is -0.0529. The number of benzene rings is 1. The van der Waals surface area contributed by atoms with Gasteiger partial charge in [-0.2, -0.15) is 4.98 Å². The number of aromatic nitrogens is 5. The van der Waals surface area contributed by atoms with Crippen LogP contribution in [0.1, 0.15) is 6.23 Å². The van der Waals surface area contributed by atoms with Crippen LogP contribution in [0.3, 0.4) is 0 Å². The number of aliphatic hydroxyl groups is 1. The van der Waals surface area contributed by atoms with Crippen molar-refractivity contribution >= 4 is 53.5 Å². The Kier molecular flexibility index (Phi) is 4.69. The molecule has 2 aliphatic heterocycles. The number of aromatic amines is 1. The van der Waals surface area contributed by atoms with E-state index in [1.807, 2.05) is 12.1 Å². The van der Waals surface area contributed by atoms with Crippen molar-refractivity contribution in [3.05, 3.63) is 50.6 Å². The average molecular weight is 527 g/mol. The van der Waals surface area contributed by atoms with Crippen LogP contribution in [0.5, 0.6) is 0 Å². The molecule has 0 amide bonds. The normalized spacial score (nSPS) is 26.8. The van der Waals surface area contributed by atoms with Gasteiger partial charge in [0.25, 0.3) is 5.56 Å². The van der Waals surface area contributed by atoms with Gasteiger partial charge in [-0.1, -0.05) is 23.7 Å². The van der Waals surface area contributed by atoms with E-state index in [9.17, 15) is 9.90 Å². The molecule has 0 radical (unpaired) electrons. The summed E-state index contributed by atoms with van der Waals surface area (Å²) in [4.78, 5) is 25.2. The molecule has 10 nitrogen and oxygen atoms in total. The van der Waals surface area contributed by atoms with Crippen LogP contribution >= 0.6 is 36.6 Å². The second-order valence-corrected chi connectivity index (χ2v) is 9.08. The van der Waals surface area contributed by atoms with Gasteiger partial charge in [0.15, 0.2) is 31.2 Å². The molecule has 2 aliphatic rings. The zero-order chi connectivity index (χ0) is 21.3. The Labute approximate surface area is 189 Å². The van der Waals surface area contributed by atoms with Crippen LogP contribution in [0.25, 0.3) is 28.2 Å². The molecule has 5 atom stereocenters. The third-order valence-electron chi connectivity index (χ3n) is 5.42. The van der Waals surface area contributed by atoms with E-state index < -0.39 is 24.5 Å². The van der Waals surface area contributed by atoms with Gasteiger partial charge in [-0.15, -0.1) is 0 Å². The number of hydrogen-bond donors (Lipinski definition) is 2. The molecule has 0 spiro atoms. The first-order valence-electron chi connectivity index (χ1n) is 9.32. The fraction of sp³-hybridized carbons (Fsp3) is 0.278. The predicted molar refractivity (Wildman–Crippen MR) is 116 cm³/mol. The van der Waals surface area contributed by atoms with Crippen molar-refractivity contribution in [3.8, 4) is 11.3 Å². The van der Waals surface area contributed by atoms with Crippen LogP contribution in [0.4, 0.5) is 0 Å². The fourth-order valence-electron chi connectivity index (χ4n) is 3.92. The van der Waals surface area contributed by atoms with E-state index in [0.717, 1.165) is 5.56 Å². The Bertz CT molecular complexity index is 1370. The Balaban J connectivity index is 1.50. The standard InChI is InChI=1S/C18H14BrClN5O5P/c19-17-22-11-14(25(17)16-12(26)13-10(29-16)6-28-31-30-13)23-18-21-9(5-24(18)15(11)27)7-1-3-8(20)4-2-7/h1-5,10,12-13,16,26,31H,6H2,(H,21,23). The van der Waals surface area contributed by atoms with Gasteiger partial charge in [0.2, 0.25) is 5.78 Å². The number of aliphatic hydroxyl groups excluding tert-OH is 1. The largest absolute Gasteiger partial charge is 0.386 e.